The molecule has 2 atom stereocenters. The molecule has 0 fully saturated rings. The van der Waals surface area contributed by atoms with E-state index in [9.17, 15) is 4.21 Å². The fourth-order valence-electron chi connectivity index (χ4n) is 0.893. The third-order valence-electron chi connectivity index (χ3n) is 1.98. The van der Waals surface area contributed by atoms with Crippen molar-refractivity contribution in [2.75, 3.05) is 25.1 Å². The molecule has 0 aliphatic heterocycles. The molecular formula is C9H21NOS. The van der Waals surface area contributed by atoms with Crippen LogP contribution in [0.5, 0.6) is 0 Å². The van der Waals surface area contributed by atoms with Crippen molar-refractivity contribution in [1.82, 2.24) is 5.32 Å². The Morgan fingerprint density at radius 3 is 2.67 bits per heavy atom. The summed E-state index contributed by atoms with van der Waals surface area (Å²) in [5, 5.41) is 3.36. The molecular weight excluding hydrogens is 170 g/mol. The van der Waals surface area contributed by atoms with Crippen LogP contribution in [0.15, 0.2) is 0 Å². The van der Waals surface area contributed by atoms with Crippen LogP contribution < -0.4 is 5.32 Å². The molecule has 0 aliphatic carbocycles. The molecule has 1 N–H and O–H groups in total. The van der Waals surface area contributed by atoms with E-state index in [1.54, 1.807) is 6.26 Å². The molecule has 0 aliphatic rings. The molecule has 0 spiro atoms. The third kappa shape index (κ3) is 8.21. The molecule has 0 amide bonds. The van der Waals surface area contributed by atoms with E-state index in [0.29, 0.717) is 0 Å². The first kappa shape index (κ1) is 12.1. The second-order valence-corrected chi connectivity index (χ2v) is 4.90. The van der Waals surface area contributed by atoms with Gasteiger partial charge in [-0.1, -0.05) is 20.3 Å². The van der Waals surface area contributed by atoms with Crippen molar-refractivity contribution in [2.45, 2.75) is 26.7 Å². The zero-order valence-electron chi connectivity index (χ0n) is 8.43. The molecule has 74 valence electrons. The Hall–Kier alpha value is 0.110. The summed E-state index contributed by atoms with van der Waals surface area (Å²) in [5.41, 5.74) is 0. The predicted molar refractivity (Wildman–Crippen MR) is 55.9 cm³/mol. The Kier molecular flexibility index (Phi) is 7.81. The van der Waals surface area contributed by atoms with Gasteiger partial charge in [-0.05, 0) is 25.4 Å². The van der Waals surface area contributed by atoms with Crippen molar-refractivity contribution in [3.63, 3.8) is 0 Å². The van der Waals surface area contributed by atoms with Crippen LogP contribution >= 0.6 is 0 Å². The summed E-state index contributed by atoms with van der Waals surface area (Å²) in [7, 11) is -0.622. The minimum atomic E-state index is -0.622. The lowest BCUT2D eigenvalue weighted by molar-refractivity contribution is 0.500. The van der Waals surface area contributed by atoms with Gasteiger partial charge >= 0.3 is 0 Å². The van der Waals surface area contributed by atoms with E-state index >= 15 is 0 Å². The largest absolute Gasteiger partial charge is 0.316 e. The summed E-state index contributed by atoms with van der Waals surface area (Å²) < 4.78 is 10.7. The minimum Gasteiger partial charge on any atom is -0.316 e. The molecule has 0 saturated carbocycles. The normalized spacial score (nSPS) is 15.9. The van der Waals surface area contributed by atoms with Crippen molar-refractivity contribution in [3.8, 4) is 0 Å². The van der Waals surface area contributed by atoms with Gasteiger partial charge in [-0.15, -0.1) is 0 Å². The number of hydrogen-bond donors (Lipinski definition) is 1. The van der Waals surface area contributed by atoms with Gasteiger partial charge in [-0.3, -0.25) is 4.21 Å². The Balaban J connectivity index is 3.05. The van der Waals surface area contributed by atoms with Gasteiger partial charge in [0.2, 0.25) is 0 Å². The first-order valence-corrected chi connectivity index (χ1v) is 6.40. The van der Waals surface area contributed by atoms with E-state index in [0.717, 1.165) is 31.2 Å². The van der Waals surface area contributed by atoms with Crippen molar-refractivity contribution < 1.29 is 4.21 Å². The summed E-state index contributed by atoms with van der Waals surface area (Å²) in [6.07, 6.45) is 4.01. The summed E-state index contributed by atoms with van der Waals surface area (Å²) in [4.78, 5) is 0. The van der Waals surface area contributed by atoms with E-state index in [-0.39, 0.29) is 0 Å². The highest BCUT2D eigenvalue weighted by molar-refractivity contribution is 7.84. The minimum absolute atomic E-state index is 0.622. The summed E-state index contributed by atoms with van der Waals surface area (Å²) in [5.74, 6) is 1.59. The van der Waals surface area contributed by atoms with Crippen LogP contribution in [0, 0.1) is 5.92 Å². The van der Waals surface area contributed by atoms with Gasteiger partial charge in [0.05, 0.1) is 0 Å². The standard InChI is InChI=1S/C9H21NOS/c1-4-9(2)8-10-6-5-7-12(3)11/h9-10H,4-8H2,1-3H3. The van der Waals surface area contributed by atoms with Crippen LogP contribution in [-0.4, -0.2) is 29.3 Å². The highest BCUT2D eigenvalue weighted by atomic mass is 32.2. The first-order valence-electron chi connectivity index (χ1n) is 4.67. The number of nitrogens with one attached hydrogen (secondary N) is 1. The lowest BCUT2D eigenvalue weighted by atomic mass is 10.1. The molecule has 0 rings (SSSR count). The Morgan fingerprint density at radius 2 is 2.17 bits per heavy atom. The van der Waals surface area contributed by atoms with E-state index in [1.165, 1.54) is 6.42 Å². The van der Waals surface area contributed by atoms with Crippen LogP contribution in [0.1, 0.15) is 26.7 Å². The molecule has 0 aromatic heterocycles. The molecule has 0 saturated heterocycles. The first-order chi connectivity index (χ1) is 5.66. The third-order valence-corrected chi connectivity index (χ3v) is 2.84. The highest BCUT2D eigenvalue weighted by Crippen LogP contribution is 1.96. The topological polar surface area (TPSA) is 29.1 Å². The number of hydrogen-bond acceptors (Lipinski definition) is 2. The molecule has 0 aromatic carbocycles. The van der Waals surface area contributed by atoms with Crippen molar-refractivity contribution in [1.29, 1.82) is 0 Å². The van der Waals surface area contributed by atoms with Crippen LogP contribution in [0.2, 0.25) is 0 Å². The predicted octanol–water partition coefficient (Wildman–Crippen LogP) is 1.39. The molecule has 0 bridgehead atoms. The SMILES string of the molecule is CCC(C)CNCCCS(C)=O. The van der Waals surface area contributed by atoms with Gasteiger partial charge in [0, 0.05) is 22.8 Å². The maximum absolute atomic E-state index is 10.7. The maximum atomic E-state index is 10.7. The highest BCUT2D eigenvalue weighted by Gasteiger charge is 1.97. The summed E-state index contributed by atoms with van der Waals surface area (Å²) >= 11 is 0. The molecule has 12 heavy (non-hydrogen) atoms. The van der Waals surface area contributed by atoms with Gasteiger partial charge in [0.25, 0.3) is 0 Å². The van der Waals surface area contributed by atoms with Crippen molar-refractivity contribution in [3.05, 3.63) is 0 Å². The zero-order valence-corrected chi connectivity index (χ0v) is 9.25. The Bertz CT molecular complexity index is 128. The molecule has 0 radical (unpaired) electrons. The molecule has 3 heteroatoms. The van der Waals surface area contributed by atoms with E-state index in [4.69, 9.17) is 0 Å². The van der Waals surface area contributed by atoms with Gasteiger partial charge in [-0.25, -0.2) is 0 Å². The quantitative estimate of drug-likeness (QED) is 0.616. The maximum Gasteiger partial charge on any atom is 0.0244 e. The lowest BCUT2D eigenvalue weighted by Gasteiger charge is -2.08. The van der Waals surface area contributed by atoms with Gasteiger partial charge in [0.1, 0.15) is 0 Å². The average molecular weight is 191 g/mol. The second kappa shape index (κ2) is 7.74. The molecule has 2 unspecified atom stereocenters. The van der Waals surface area contributed by atoms with E-state index < -0.39 is 10.8 Å². The monoisotopic (exact) mass is 191 g/mol. The fraction of sp³-hybridized carbons (Fsp3) is 1.00. The lowest BCUT2D eigenvalue weighted by Crippen LogP contribution is -2.22. The molecule has 0 heterocycles. The summed E-state index contributed by atoms with van der Waals surface area (Å²) in [6, 6.07) is 0. The van der Waals surface area contributed by atoms with Gasteiger partial charge in [0.15, 0.2) is 0 Å². The van der Waals surface area contributed by atoms with E-state index in [1.807, 2.05) is 0 Å². The Labute approximate surface area is 78.6 Å². The van der Waals surface area contributed by atoms with Gasteiger partial charge < -0.3 is 5.32 Å². The second-order valence-electron chi connectivity index (χ2n) is 3.35. The van der Waals surface area contributed by atoms with Crippen LogP contribution in [-0.2, 0) is 10.8 Å². The van der Waals surface area contributed by atoms with Crippen LogP contribution in [0.4, 0.5) is 0 Å². The molecule has 2 nitrogen and oxygen atoms in total. The smallest absolute Gasteiger partial charge is 0.0244 e. The van der Waals surface area contributed by atoms with Crippen LogP contribution in [0.25, 0.3) is 0 Å². The van der Waals surface area contributed by atoms with Crippen molar-refractivity contribution in [2.24, 2.45) is 5.92 Å². The van der Waals surface area contributed by atoms with E-state index in [2.05, 4.69) is 19.2 Å². The van der Waals surface area contributed by atoms with Gasteiger partial charge in [-0.2, -0.15) is 0 Å². The molecule has 0 aromatic rings. The Morgan fingerprint density at radius 1 is 1.50 bits per heavy atom. The number of rotatable bonds is 7. The zero-order chi connectivity index (χ0) is 9.40. The average Bonchev–Trinajstić information content (AvgIpc) is 2.03. The van der Waals surface area contributed by atoms with Crippen molar-refractivity contribution >= 4 is 10.8 Å². The summed E-state index contributed by atoms with van der Waals surface area (Å²) in [6.45, 7) is 6.54. The van der Waals surface area contributed by atoms with Crippen LogP contribution in [0.3, 0.4) is 0 Å². The fourth-order valence-corrected chi connectivity index (χ4v) is 1.44.